The van der Waals surface area contributed by atoms with Gasteiger partial charge in [0.15, 0.2) is 6.04 Å². The number of hydrogen-bond donors (Lipinski definition) is 0. The topological polar surface area (TPSA) is 38.7 Å². The van der Waals surface area contributed by atoms with Gasteiger partial charge >= 0.3 is 5.97 Å². The maximum absolute atomic E-state index is 11.7. The van der Waals surface area contributed by atoms with Crippen molar-refractivity contribution in [1.29, 1.82) is 0 Å². The monoisotopic (exact) mass is 279 g/mol. The zero-order valence-electron chi connectivity index (χ0n) is 11.9. The van der Waals surface area contributed by atoms with E-state index in [1.54, 1.807) is 0 Å². The molecule has 0 saturated carbocycles. The van der Waals surface area contributed by atoms with Crippen LogP contribution in [0.5, 0.6) is 0 Å². The number of carbonyl (C=O) groups excluding carboxylic acids is 1. The third kappa shape index (κ3) is 3.66. The number of esters is 1. The third-order valence-corrected chi connectivity index (χ3v) is 3.03. The molecule has 0 heterocycles. The van der Waals surface area contributed by atoms with E-state index in [-0.39, 0.29) is 0 Å². The molecule has 0 N–H and O–H groups in total. The van der Waals surface area contributed by atoms with Crippen molar-refractivity contribution in [2.24, 2.45) is 4.99 Å². The van der Waals surface area contributed by atoms with Gasteiger partial charge in [-0.25, -0.2) is 4.79 Å². The van der Waals surface area contributed by atoms with Gasteiger partial charge in [0.1, 0.15) is 0 Å². The van der Waals surface area contributed by atoms with Gasteiger partial charge in [0, 0.05) is 11.1 Å². The van der Waals surface area contributed by atoms with Gasteiger partial charge in [-0.1, -0.05) is 66.7 Å². The number of aliphatic imine (C=N–C) groups is 1. The fourth-order valence-corrected chi connectivity index (χ4v) is 1.97. The average molecular weight is 279 g/mol. The summed E-state index contributed by atoms with van der Waals surface area (Å²) in [5.41, 5.74) is 2.63. The SMILES string of the molecule is C=CC(N=C(c1ccccc1)c1ccccc1)C(=O)OC. The lowest BCUT2D eigenvalue weighted by molar-refractivity contribution is -0.140. The second kappa shape index (κ2) is 7.20. The molecular weight excluding hydrogens is 262 g/mol. The number of benzene rings is 2. The van der Waals surface area contributed by atoms with Crippen LogP contribution >= 0.6 is 0 Å². The van der Waals surface area contributed by atoms with Crippen LogP contribution in [0.1, 0.15) is 11.1 Å². The number of ether oxygens (including phenoxy) is 1. The summed E-state index contributed by atoms with van der Waals surface area (Å²) in [6, 6.07) is 18.8. The molecule has 0 bridgehead atoms. The molecule has 0 fully saturated rings. The molecule has 0 aliphatic rings. The molecule has 0 aromatic heterocycles. The van der Waals surface area contributed by atoms with Gasteiger partial charge in [-0.3, -0.25) is 4.99 Å². The minimum absolute atomic E-state index is 0.422. The molecule has 0 aliphatic carbocycles. The van der Waals surface area contributed by atoms with Crippen molar-refractivity contribution in [3.8, 4) is 0 Å². The summed E-state index contributed by atoms with van der Waals surface area (Å²) < 4.78 is 4.76. The van der Waals surface area contributed by atoms with Gasteiger partial charge in [-0.2, -0.15) is 0 Å². The average Bonchev–Trinajstić information content (AvgIpc) is 2.57. The number of rotatable bonds is 5. The molecule has 0 spiro atoms. The lowest BCUT2D eigenvalue weighted by Gasteiger charge is -2.11. The van der Waals surface area contributed by atoms with Crippen LogP contribution in [-0.2, 0) is 9.53 Å². The third-order valence-electron chi connectivity index (χ3n) is 3.03. The van der Waals surface area contributed by atoms with E-state index in [9.17, 15) is 4.79 Å². The van der Waals surface area contributed by atoms with Gasteiger partial charge in [0.25, 0.3) is 0 Å². The van der Waals surface area contributed by atoms with Gasteiger partial charge in [0.05, 0.1) is 12.8 Å². The van der Waals surface area contributed by atoms with E-state index in [0.29, 0.717) is 0 Å². The summed E-state index contributed by atoms with van der Waals surface area (Å²) in [5, 5.41) is 0. The second-order valence-electron chi connectivity index (χ2n) is 4.41. The lowest BCUT2D eigenvalue weighted by atomic mass is 10.0. The Morgan fingerprint density at radius 2 is 1.52 bits per heavy atom. The summed E-state index contributed by atoms with van der Waals surface area (Å²) in [7, 11) is 1.35. The van der Waals surface area contributed by atoms with Crippen molar-refractivity contribution in [2.45, 2.75) is 6.04 Å². The molecule has 0 saturated heterocycles. The molecule has 3 heteroatoms. The minimum atomic E-state index is -0.717. The van der Waals surface area contributed by atoms with Crippen molar-refractivity contribution in [3.05, 3.63) is 84.4 Å². The van der Waals surface area contributed by atoms with Gasteiger partial charge in [-0.15, -0.1) is 6.58 Å². The molecule has 0 radical (unpaired) electrons. The Morgan fingerprint density at radius 3 is 1.90 bits per heavy atom. The van der Waals surface area contributed by atoms with Crippen molar-refractivity contribution >= 4 is 11.7 Å². The Bertz CT molecular complexity index is 591. The molecule has 0 aliphatic heterocycles. The number of methoxy groups -OCH3 is 1. The highest BCUT2D eigenvalue weighted by Gasteiger charge is 2.16. The first-order valence-electron chi connectivity index (χ1n) is 6.65. The summed E-state index contributed by atoms with van der Waals surface area (Å²) in [6.45, 7) is 3.66. The molecule has 2 rings (SSSR count). The largest absolute Gasteiger partial charge is 0.467 e. The van der Waals surface area contributed by atoms with E-state index >= 15 is 0 Å². The van der Waals surface area contributed by atoms with Crippen molar-refractivity contribution < 1.29 is 9.53 Å². The van der Waals surface area contributed by atoms with E-state index in [4.69, 9.17) is 4.74 Å². The van der Waals surface area contributed by atoms with E-state index in [1.807, 2.05) is 60.7 Å². The predicted octanol–water partition coefficient (Wildman–Crippen LogP) is 3.25. The quantitative estimate of drug-likeness (QED) is 0.479. The maximum Gasteiger partial charge on any atom is 0.334 e. The first kappa shape index (κ1) is 14.7. The summed E-state index contributed by atoms with van der Waals surface area (Å²) in [5.74, 6) is -0.422. The van der Waals surface area contributed by atoms with Gasteiger partial charge < -0.3 is 4.74 Å². The highest BCUT2D eigenvalue weighted by Crippen LogP contribution is 2.13. The van der Waals surface area contributed by atoms with Crippen molar-refractivity contribution in [2.75, 3.05) is 7.11 Å². The Labute approximate surface area is 124 Å². The highest BCUT2D eigenvalue weighted by atomic mass is 16.5. The van der Waals surface area contributed by atoms with E-state index in [2.05, 4.69) is 11.6 Å². The molecular formula is C18H17NO2. The van der Waals surface area contributed by atoms with Crippen LogP contribution in [0.15, 0.2) is 78.3 Å². The second-order valence-corrected chi connectivity index (χ2v) is 4.41. The number of hydrogen-bond acceptors (Lipinski definition) is 3. The Morgan fingerprint density at radius 1 is 1.05 bits per heavy atom. The van der Waals surface area contributed by atoms with Gasteiger partial charge in [0.2, 0.25) is 0 Å². The number of nitrogens with zero attached hydrogens (tertiary/aromatic N) is 1. The van der Waals surface area contributed by atoms with Crippen molar-refractivity contribution in [1.82, 2.24) is 0 Å². The minimum Gasteiger partial charge on any atom is -0.467 e. The normalized spacial score (nSPS) is 11.3. The van der Waals surface area contributed by atoms with E-state index in [1.165, 1.54) is 13.2 Å². The first-order chi connectivity index (χ1) is 10.3. The Balaban J connectivity index is 2.51. The van der Waals surface area contributed by atoms with Crippen molar-refractivity contribution in [3.63, 3.8) is 0 Å². The molecule has 0 amide bonds. The number of carbonyl (C=O) groups is 1. The molecule has 2 aromatic rings. The van der Waals surface area contributed by atoms with E-state index < -0.39 is 12.0 Å². The molecule has 2 aromatic carbocycles. The summed E-state index contributed by atoms with van der Waals surface area (Å²) >= 11 is 0. The van der Waals surface area contributed by atoms with Gasteiger partial charge in [-0.05, 0) is 0 Å². The fourth-order valence-electron chi connectivity index (χ4n) is 1.97. The maximum atomic E-state index is 11.7. The first-order valence-corrected chi connectivity index (χ1v) is 6.65. The van der Waals surface area contributed by atoms with Crippen LogP contribution in [0.25, 0.3) is 0 Å². The summed E-state index contributed by atoms with van der Waals surface area (Å²) in [6.07, 6.45) is 1.48. The van der Waals surface area contributed by atoms with Crippen LogP contribution in [0.3, 0.4) is 0 Å². The smallest absolute Gasteiger partial charge is 0.334 e. The van der Waals surface area contributed by atoms with Crippen LogP contribution in [0, 0.1) is 0 Å². The highest BCUT2D eigenvalue weighted by molar-refractivity contribution is 6.13. The standard InChI is InChI=1S/C18H17NO2/c1-3-16(18(20)21-2)19-17(14-10-6-4-7-11-14)15-12-8-5-9-13-15/h3-13,16H,1H2,2H3. The zero-order chi connectivity index (χ0) is 15.1. The summed E-state index contributed by atoms with van der Waals surface area (Å²) in [4.78, 5) is 16.3. The fraction of sp³-hybridized carbons (Fsp3) is 0.111. The molecule has 1 unspecified atom stereocenters. The Hall–Kier alpha value is -2.68. The molecule has 106 valence electrons. The molecule has 21 heavy (non-hydrogen) atoms. The van der Waals surface area contributed by atoms with Crippen LogP contribution in [0.4, 0.5) is 0 Å². The zero-order valence-corrected chi connectivity index (χ0v) is 11.9. The van der Waals surface area contributed by atoms with Crippen LogP contribution in [-0.4, -0.2) is 24.8 Å². The Kier molecular flexibility index (Phi) is 5.04. The predicted molar refractivity (Wildman–Crippen MR) is 84.5 cm³/mol. The van der Waals surface area contributed by atoms with Crippen LogP contribution < -0.4 is 0 Å². The lowest BCUT2D eigenvalue weighted by Crippen LogP contribution is -2.20. The van der Waals surface area contributed by atoms with Crippen LogP contribution in [0.2, 0.25) is 0 Å². The molecule has 3 nitrogen and oxygen atoms in total. The molecule has 1 atom stereocenters. The van der Waals surface area contributed by atoms with E-state index in [0.717, 1.165) is 16.8 Å².